The summed E-state index contributed by atoms with van der Waals surface area (Å²) in [5, 5.41) is 0. The van der Waals surface area contributed by atoms with Crippen LogP contribution in [0.1, 0.15) is 12.5 Å². The molecule has 0 fully saturated rings. The van der Waals surface area contributed by atoms with Crippen molar-refractivity contribution in [3.8, 4) is 0 Å². The SMILES string of the molecule is CC(=O)N1[C@H](COCc2ccccc2)C=CCS1(=O)=O. The normalized spacial score (nSPS) is 20.9. The third-order valence-corrected chi connectivity index (χ3v) is 4.72. The molecule has 0 saturated carbocycles. The average molecular weight is 295 g/mol. The van der Waals surface area contributed by atoms with E-state index in [1.54, 1.807) is 12.2 Å². The summed E-state index contributed by atoms with van der Waals surface area (Å²) in [5.74, 6) is -0.621. The lowest BCUT2D eigenvalue weighted by molar-refractivity contribution is -0.126. The van der Waals surface area contributed by atoms with Crippen LogP contribution in [0.3, 0.4) is 0 Å². The minimum Gasteiger partial charge on any atom is -0.374 e. The third-order valence-electron chi connectivity index (χ3n) is 2.98. The Labute approximate surface area is 118 Å². The molecule has 0 saturated heterocycles. The van der Waals surface area contributed by atoms with Crippen LogP contribution in [-0.4, -0.2) is 37.0 Å². The van der Waals surface area contributed by atoms with E-state index in [1.807, 2.05) is 30.3 Å². The number of rotatable bonds is 4. The number of carbonyl (C=O) groups excluding carboxylic acids is 1. The fourth-order valence-electron chi connectivity index (χ4n) is 2.12. The lowest BCUT2D eigenvalue weighted by Gasteiger charge is -2.30. The number of nitrogens with zero attached hydrogens (tertiary/aromatic N) is 1. The van der Waals surface area contributed by atoms with Gasteiger partial charge in [-0.1, -0.05) is 42.5 Å². The number of ether oxygens (including phenoxy) is 1. The molecule has 5 nitrogen and oxygen atoms in total. The molecule has 1 heterocycles. The van der Waals surface area contributed by atoms with E-state index in [9.17, 15) is 13.2 Å². The summed E-state index contributed by atoms with van der Waals surface area (Å²) in [4.78, 5) is 11.5. The third kappa shape index (κ3) is 3.46. The topological polar surface area (TPSA) is 63.7 Å². The van der Waals surface area contributed by atoms with Crippen molar-refractivity contribution in [3.63, 3.8) is 0 Å². The van der Waals surface area contributed by atoms with Crippen LogP contribution in [0.2, 0.25) is 0 Å². The summed E-state index contributed by atoms with van der Waals surface area (Å²) in [6.07, 6.45) is 3.26. The van der Waals surface area contributed by atoms with Crippen LogP contribution in [0.25, 0.3) is 0 Å². The van der Waals surface area contributed by atoms with Gasteiger partial charge in [0.1, 0.15) is 0 Å². The zero-order valence-electron chi connectivity index (χ0n) is 11.2. The number of benzene rings is 1. The van der Waals surface area contributed by atoms with Gasteiger partial charge in [-0.15, -0.1) is 0 Å². The van der Waals surface area contributed by atoms with Crippen LogP contribution in [0.15, 0.2) is 42.5 Å². The first-order chi connectivity index (χ1) is 9.50. The quantitative estimate of drug-likeness (QED) is 0.786. The van der Waals surface area contributed by atoms with Gasteiger partial charge in [-0.25, -0.2) is 12.7 Å². The highest BCUT2D eigenvalue weighted by Gasteiger charge is 2.33. The molecule has 20 heavy (non-hydrogen) atoms. The van der Waals surface area contributed by atoms with Crippen molar-refractivity contribution in [3.05, 3.63) is 48.0 Å². The van der Waals surface area contributed by atoms with Gasteiger partial charge in [-0.3, -0.25) is 4.79 Å². The highest BCUT2D eigenvalue weighted by atomic mass is 32.2. The van der Waals surface area contributed by atoms with E-state index < -0.39 is 22.0 Å². The van der Waals surface area contributed by atoms with Crippen molar-refractivity contribution < 1.29 is 17.9 Å². The highest BCUT2D eigenvalue weighted by Crippen LogP contribution is 2.16. The van der Waals surface area contributed by atoms with Crippen LogP contribution < -0.4 is 0 Å². The molecule has 6 heteroatoms. The first-order valence-electron chi connectivity index (χ1n) is 6.32. The summed E-state index contributed by atoms with van der Waals surface area (Å²) in [6, 6.07) is 9.02. The summed E-state index contributed by atoms with van der Waals surface area (Å²) < 4.78 is 30.2. The number of hydrogen-bond donors (Lipinski definition) is 0. The highest BCUT2D eigenvalue weighted by molar-refractivity contribution is 7.89. The Hall–Kier alpha value is -1.66. The van der Waals surface area contributed by atoms with Gasteiger partial charge >= 0.3 is 0 Å². The molecule has 0 aromatic heterocycles. The minimum atomic E-state index is -3.55. The second kappa shape index (κ2) is 6.19. The lowest BCUT2D eigenvalue weighted by Crippen LogP contribution is -2.47. The van der Waals surface area contributed by atoms with Gasteiger partial charge in [0.2, 0.25) is 15.9 Å². The molecule has 0 unspecified atom stereocenters. The molecule has 1 amide bonds. The van der Waals surface area contributed by atoms with Gasteiger partial charge in [0.05, 0.1) is 25.0 Å². The molecule has 0 N–H and O–H groups in total. The number of amides is 1. The summed E-state index contributed by atoms with van der Waals surface area (Å²) in [6.45, 7) is 1.79. The predicted molar refractivity (Wildman–Crippen MR) is 75.3 cm³/mol. The number of carbonyl (C=O) groups is 1. The smallest absolute Gasteiger partial charge is 0.241 e. The van der Waals surface area contributed by atoms with Crippen LogP contribution >= 0.6 is 0 Å². The molecule has 0 spiro atoms. The molecule has 108 valence electrons. The molecule has 1 atom stereocenters. The maximum absolute atomic E-state index is 11.9. The van der Waals surface area contributed by atoms with Crippen molar-refractivity contribution >= 4 is 15.9 Å². The molecular weight excluding hydrogens is 278 g/mol. The first kappa shape index (κ1) is 14.7. The van der Waals surface area contributed by atoms with Crippen molar-refractivity contribution in [2.75, 3.05) is 12.4 Å². The fourth-order valence-corrected chi connectivity index (χ4v) is 3.57. The molecule has 2 rings (SSSR count). The molecule has 1 aliphatic heterocycles. The molecule has 0 aliphatic carbocycles. The zero-order chi connectivity index (χ0) is 14.6. The average Bonchev–Trinajstić information content (AvgIpc) is 2.38. The summed E-state index contributed by atoms with van der Waals surface area (Å²) in [5.41, 5.74) is 1.00. The van der Waals surface area contributed by atoms with E-state index in [2.05, 4.69) is 0 Å². The number of sulfonamides is 1. The van der Waals surface area contributed by atoms with E-state index in [0.29, 0.717) is 6.61 Å². The largest absolute Gasteiger partial charge is 0.374 e. The van der Waals surface area contributed by atoms with Gasteiger partial charge in [0.15, 0.2) is 0 Å². The van der Waals surface area contributed by atoms with E-state index >= 15 is 0 Å². The summed E-state index contributed by atoms with van der Waals surface area (Å²) >= 11 is 0. The van der Waals surface area contributed by atoms with Crippen molar-refractivity contribution in [1.29, 1.82) is 0 Å². The molecule has 1 aromatic carbocycles. The Kier molecular flexibility index (Phi) is 4.57. The van der Waals surface area contributed by atoms with Gasteiger partial charge in [0, 0.05) is 6.92 Å². The molecule has 0 radical (unpaired) electrons. The van der Waals surface area contributed by atoms with E-state index in [0.717, 1.165) is 9.87 Å². The zero-order valence-corrected chi connectivity index (χ0v) is 12.0. The maximum Gasteiger partial charge on any atom is 0.241 e. The second-order valence-corrected chi connectivity index (χ2v) is 6.48. The van der Waals surface area contributed by atoms with Gasteiger partial charge in [-0.2, -0.15) is 0 Å². The Morgan fingerprint density at radius 2 is 2.05 bits per heavy atom. The molecule has 1 aromatic rings. The summed E-state index contributed by atoms with van der Waals surface area (Å²) in [7, 11) is -3.55. The van der Waals surface area contributed by atoms with Gasteiger partial charge < -0.3 is 4.74 Å². The van der Waals surface area contributed by atoms with Crippen molar-refractivity contribution in [2.45, 2.75) is 19.6 Å². The van der Waals surface area contributed by atoms with E-state index in [1.165, 1.54) is 6.92 Å². The van der Waals surface area contributed by atoms with E-state index in [4.69, 9.17) is 4.74 Å². The lowest BCUT2D eigenvalue weighted by atomic mass is 10.2. The second-order valence-electron chi connectivity index (χ2n) is 4.59. The van der Waals surface area contributed by atoms with Crippen molar-refractivity contribution in [2.24, 2.45) is 0 Å². The first-order valence-corrected chi connectivity index (χ1v) is 7.92. The minimum absolute atomic E-state index is 0.137. The number of hydrogen-bond acceptors (Lipinski definition) is 4. The standard InChI is InChI=1S/C14H17NO4S/c1-12(16)15-14(8-5-9-20(15,17)18)11-19-10-13-6-3-2-4-7-13/h2-8,14H,9-11H2,1H3/t14-/m0/s1. The van der Waals surface area contributed by atoms with Crippen LogP contribution in [0.5, 0.6) is 0 Å². The van der Waals surface area contributed by atoms with Gasteiger partial charge in [-0.05, 0) is 5.56 Å². The van der Waals surface area contributed by atoms with Crippen molar-refractivity contribution in [1.82, 2.24) is 4.31 Å². The molecular formula is C14H17NO4S. The van der Waals surface area contributed by atoms with Crippen LogP contribution in [0.4, 0.5) is 0 Å². The monoisotopic (exact) mass is 295 g/mol. The fraction of sp³-hybridized carbons (Fsp3) is 0.357. The Morgan fingerprint density at radius 3 is 2.70 bits per heavy atom. The Bertz CT molecular complexity index is 595. The van der Waals surface area contributed by atoms with Crippen LogP contribution in [-0.2, 0) is 26.2 Å². The predicted octanol–water partition coefficient (Wildman–Crippen LogP) is 1.32. The van der Waals surface area contributed by atoms with Gasteiger partial charge in [0.25, 0.3) is 0 Å². The molecule has 0 bridgehead atoms. The van der Waals surface area contributed by atoms with E-state index in [-0.39, 0.29) is 12.4 Å². The molecule has 1 aliphatic rings. The van der Waals surface area contributed by atoms with Crippen LogP contribution in [0, 0.1) is 0 Å². The Balaban J connectivity index is 1.99. The Morgan fingerprint density at radius 1 is 1.35 bits per heavy atom. The maximum atomic E-state index is 11.9.